The minimum Gasteiger partial charge on any atom is -0.492 e. The number of likely N-dealkylation sites (N-methyl/N-ethyl adjacent to an activating group) is 1. The molecule has 8 nitrogen and oxygen atoms in total. The smallest absolute Gasteiger partial charge is 0.312 e. The summed E-state index contributed by atoms with van der Waals surface area (Å²) in [6.45, 7) is 8.08. The van der Waals surface area contributed by atoms with Crippen LogP contribution in [-0.4, -0.2) is 64.2 Å². The van der Waals surface area contributed by atoms with Crippen LogP contribution in [0, 0.1) is 11.2 Å². The van der Waals surface area contributed by atoms with Gasteiger partial charge in [0.15, 0.2) is 5.82 Å². The SMILES string of the molecule is CCN1CC=Cc2c1ncn2C1CCN(C(=O)c2ccc(-c3ccccc3OCC(C)(C)C(=O)O)cc2F)CC1. The number of amides is 1. The van der Waals surface area contributed by atoms with E-state index < -0.39 is 17.2 Å². The Bertz CT molecular complexity index is 1440. The van der Waals surface area contributed by atoms with Crippen LogP contribution in [0.15, 0.2) is 54.9 Å². The number of likely N-dealkylation sites (tertiary alicyclic amines) is 1. The quantitative estimate of drug-likeness (QED) is 0.401. The van der Waals surface area contributed by atoms with E-state index >= 15 is 4.39 Å². The summed E-state index contributed by atoms with van der Waals surface area (Å²) in [7, 11) is 0. The number of para-hydroxylation sites is 1. The molecule has 2 aliphatic heterocycles. The minimum absolute atomic E-state index is 0.0362. The molecule has 210 valence electrons. The van der Waals surface area contributed by atoms with Crippen LogP contribution in [-0.2, 0) is 4.79 Å². The number of imidazole rings is 1. The Kier molecular flexibility index (Phi) is 7.65. The van der Waals surface area contributed by atoms with Crippen LogP contribution < -0.4 is 9.64 Å². The lowest BCUT2D eigenvalue weighted by Gasteiger charge is -2.34. The predicted octanol–water partition coefficient (Wildman–Crippen LogP) is 5.51. The Hall–Kier alpha value is -4.14. The number of carbonyl (C=O) groups is 2. The second-order valence-electron chi connectivity index (χ2n) is 11.0. The van der Waals surface area contributed by atoms with Gasteiger partial charge in [0.2, 0.25) is 0 Å². The third-order valence-electron chi connectivity index (χ3n) is 7.80. The summed E-state index contributed by atoms with van der Waals surface area (Å²) >= 11 is 0. The number of anilines is 1. The van der Waals surface area contributed by atoms with E-state index in [2.05, 4.69) is 33.5 Å². The predicted molar refractivity (Wildman–Crippen MR) is 152 cm³/mol. The third kappa shape index (κ3) is 5.33. The van der Waals surface area contributed by atoms with Crippen LogP contribution in [0.1, 0.15) is 55.7 Å². The summed E-state index contributed by atoms with van der Waals surface area (Å²) in [6.07, 6.45) is 7.71. The zero-order valence-corrected chi connectivity index (χ0v) is 23.1. The second kappa shape index (κ2) is 11.2. The summed E-state index contributed by atoms with van der Waals surface area (Å²) in [5.41, 5.74) is 1.24. The molecule has 5 rings (SSSR count). The van der Waals surface area contributed by atoms with Gasteiger partial charge in [-0.15, -0.1) is 0 Å². The first kappa shape index (κ1) is 27.4. The van der Waals surface area contributed by atoms with Crippen LogP contribution in [0.2, 0.25) is 0 Å². The van der Waals surface area contributed by atoms with Crippen molar-refractivity contribution in [1.29, 1.82) is 0 Å². The number of benzene rings is 2. The maximum Gasteiger partial charge on any atom is 0.312 e. The topological polar surface area (TPSA) is 87.9 Å². The number of aliphatic carboxylic acids is 1. The van der Waals surface area contributed by atoms with Gasteiger partial charge in [-0.25, -0.2) is 9.37 Å². The van der Waals surface area contributed by atoms with E-state index in [0.717, 1.165) is 37.4 Å². The van der Waals surface area contributed by atoms with E-state index in [4.69, 9.17) is 4.74 Å². The lowest BCUT2D eigenvalue weighted by molar-refractivity contribution is -0.148. The van der Waals surface area contributed by atoms with Crippen LogP contribution in [0.25, 0.3) is 17.2 Å². The number of ether oxygens (including phenoxy) is 1. The number of hydrogen-bond donors (Lipinski definition) is 1. The van der Waals surface area contributed by atoms with Crippen LogP contribution in [0.3, 0.4) is 0 Å². The minimum atomic E-state index is -1.08. The molecule has 0 spiro atoms. The lowest BCUT2D eigenvalue weighted by Crippen LogP contribution is -2.39. The normalized spacial score (nSPS) is 15.7. The number of rotatable bonds is 8. The molecule has 0 unspecified atom stereocenters. The lowest BCUT2D eigenvalue weighted by atomic mass is 9.95. The van der Waals surface area contributed by atoms with Gasteiger partial charge in [-0.3, -0.25) is 9.59 Å². The molecule has 1 aromatic heterocycles. The maximum absolute atomic E-state index is 15.3. The van der Waals surface area contributed by atoms with Gasteiger partial charge in [-0.05, 0) is 63.5 Å². The number of halogens is 1. The summed E-state index contributed by atoms with van der Waals surface area (Å²) in [5, 5.41) is 9.39. The fraction of sp³-hybridized carbons (Fsp3) is 0.387. The number of nitrogens with zero attached hydrogens (tertiary/aromatic N) is 4. The van der Waals surface area contributed by atoms with E-state index in [-0.39, 0.29) is 24.1 Å². The highest BCUT2D eigenvalue weighted by molar-refractivity contribution is 5.95. The molecular formula is C31H35FN4O4. The molecule has 1 amide bonds. The average molecular weight is 547 g/mol. The molecule has 1 fully saturated rings. The van der Waals surface area contributed by atoms with E-state index in [1.54, 1.807) is 49.1 Å². The standard InChI is InChI=1S/C31H35FN4O4/c1-4-34-15-7-9-26-28(34)33-20-36(26)22-13-16-35(17-14-22)29(37)24-12-11-21(18-25(24)32)23-8-5-6-10-27(23)40-19-31(2,3)30(38)39/h5-12,18,20,22H,4,13-17,19H2,1-3H3,(H,38,39). The number of fused-ring (bicyclic) bond motifs is 1. The van der Waals surface area contributed by atoms with Gasteiger partial charge in [0, 0.05) is 37.8 Å². The highest BCUT2D eigenvalue weighted by Gasteiger charge is 2.30. The molecule has 9 heteroatoms. The Morgan fingerprint density at radius 1 is 1.15 bits per heavy atom. The maximum atomic E-state index is 15.3. The molecule has 2 aromatic carbocycles. The second-order valence-corrected chi connectivity index (χ2v) is 11.0. The van der Waals surface area contributed by atoms with Crippen molar-refractivity contribution in [2.45, 2.75) is 39.7 Å². The Morgan fingerprint density at radius 2 is 1.90 bits per heavy atom. The molecule has 1 saturated heterocycles. The fourth-order valence-electron chi connectivity index (χ4n) is 5.24. The van der Waals surface area contributed by atoms with E-state index in [1.807, 2.05) is 6.33 Å². The van der Waals surface area contributed by atoms with Crippen molar-refractivity contribution in [3.8, 4) is 16.9 Å². The van der Waals surface area contributed by atoms with Gasteiger partial charge in [0.1, 0.15) is 18.2 Å². The van der Waals surface area contributed by atoms with E-state index in [1.165, 1.54) is 12.1 Å². The fourth-order valence-corrected chi connectivity index (χ4v) is 5.24. The molecule has 3 heterocycles. The third-order valence-corrected chi connectivity index (χ3v) is 7.80. The van der Waals surface area contributed by atoms with Crippen molar-refractivity contribution in [1.82, 2.24) is 14.5 Å². The molecule has 3 aromatic rings. The molecule has 0 aliphatic carbocycles. The van der Waals surface area contributed by atoms with Gasteiger partial charge in [-0.1, -0.05) is 30.3 Å². The van der Waals surface area contributed by atoms with Crippen molar-refractivity contribution in [2.75, 3.05) is 37.7 Å². The first-order valence-electron chi connectivity index (χ1n) is 13.7. The average Bonchev–Trinajstić information content (AvgIpc) is 3.40. The number of carboxylic acids is 1. The number of aromatic nitrogens is 2. The van der Waals surface area contributed by atoms with E-state index in [0.29, 0.717) is 30.0 Å². The number of carbonyl (C=O) groups excluding carboxylic acids is 1. The van der Waals surface area contributed by atoms with Crippen LogP contribution in [0.4, 0.5) is 10.2 Å². The number of carboxylic acid groups (broad SMARTS) is 1. The molecule has 0 radical (unpaired) electrons. The van der Waals surface area contributed by atoms with Gasteiger partial charge in [-0.2, -0.15) is 0 Å². The number of piperidine rings is 1. The van der Waals surface area contributed by atoms with Gasteiger partial charge in [0.05, 0.1) is 23.0 Å². The van der Waals surface area contributed by atoms with Crippen molar-refractivity contribution < 1.29 is 23.8 Å². The molecule has 1 N–H and O–H groups in total. The summed E-state index contributed by atoms with van der Waals surface area (Å²) in [4.78, 5) is 33.3. The summed E-state index contributed by atoms with van der Waals surface area (Å²) < 4.78 is 23.4. The van der Waals surface area contributed by atoms with Crippen LogP contribution >= 0.6 is 0 Å². The molecule has 0 saturated carbocycles. The highest BCUT2D eigenvalue weighted by Crippen LogP contribution is 2.34. The summed E-state index contributed by atoms with van der Waals surface area (Å²) in [6, 6.07) is 11.9. The first-order chi connectivity index (χ1) is 19.2. The zero-order chi connectivity index (χ0) is 28.4. The van der Waals surface area contributed by atoms with Gasteiger partial charge in [0.25, 0.3) is 5.91 Å². The zero-order valence-electron chi connectivity index (χ0n) is 23.1. The number of hydrogen-bond acceptors (Lipinski definition) is 5. The van der Waals surface area contributed by atoms with Crippen molar-refractivity contribution in [3.05, 3.63) is 71.9 Å². The molecule has 0 bridgehead atoms. The molecule has 40 heavy (non-hydrogen) atoms. The van der Waals surface area contributed by atoms with Gasteiger partial charge >= 0.3 is 5.97 Å². The largest absolute Gasteiger partial charge is 0.492 e. The van der Waals surface area contributed by atoms with Gasteiger partial charge < -0.3 is 24.2 Å². The van der Waals surface area contributed by atoms with Crippen molar-refractivity contribution in [3.63, 3.8) is 0 Å². The molecule has 2 aliphatic rings. The Labute approximate surface area is 233 Å². The monoisotopic (exact) mass is 546 g/mol. The Morgan fingerprint density at radius 3 is 2.60 bits per heavy atom. The highest BCUT2D eigenvalue weighted by atomic mass is 19.1. The van der Waals surface area contributed by atoms with E-state index in [9.17, 15) is 14.7 Å². The van der Waals surface area contributed by atoms with Crippen molar-refractivity contribution >= 4 is 23.8 Å². The van der Waals surface area contributed by atoms with Crippen molar-refractivity contribution in [2.24, 2.45) is 5.41 Å². The Balaban J connectivity index is 1.27. The first-order valence-corrected chi connectivity index (χ1v) is 13.7. The molecular weight excluding hydrogens is 511 g/mol. The van der Waals surface area contributed by atoms with Crippen LogP contribution in [0.5, 0.6) is 5.75 Å². The molecule has 0 atom stereocenters. The summed E-state index contributed by atoms with van der Waals surface area (Å²) in [5.74, 6) is -0.426.